The molecule has 4 nitrogen and oxygen atoms in total. The minimum atomic E-state index is -1.03. The van der Waals surface area contributed by atoms with Crippen LogP contribution in [0.5, 0.6) is 0 Å². The molecule has 1 unspecified atom stereocenters. The van der Waals surface area contributed by atoms with Crippen LogP contribution in [-0.2, 0) is 9.59 Å². The summed E-state index contributed by atoms with van der Waals surface area (Å²) < 4.78 is 0. The molecule has 0 fully saturated rings. The van der Waals surface area contributed by atoms with Gasteiger partial charge in [-0.25, -0.2) is 0 Å². The maximum atomic E-state index is 11.7. The lowest BCUT2D eigenvalue weighted by Gasteiger charge is -2.15. The van der Waals surface area contributed by atoms with Gasteiger partial charge in [0.15, 0.2) is 0 Å². The first-order chi connectivity index (χ1) is 8.13. The number of amides is 1. The molecule has 1 rings (SSSR count). The number of hydrogen-bond acceptors (Lipinski definition) is 3. The molecule has 1 atom stereocenters. The van der Waals surface area contributed by atoms with Crippen molar-refractivity contribution in [1.82, 2.24) is 5.32 Å². The van der Waals surface area contributed by atoms with Crippen molar-refractivity contribution in [2.24, 2.45) is 5.92 Å². The Morgan fingerprint density at radius 2 is 2.24 bits per heavy atom. The number of thiol groups is 1. The average molecular weight is 255 g/mol. The fourth-order valence-electron chi connectivity index (χ4n) is 1.65. The van der Waals surface area contributed by atoms with Crippen LogP contribution in [0.15, 0.2) is 23.8 Å². The standard InChI is InChI=1S/C12H17NO3S/c14-11(15)7-13-12(16)10(8-17)6-9-4-2-1-3-5-9/h2,4-5,10,17H,1,3,6-8H2,(H,13,16)(H,14,15). The number of carbonyl (C=O) groups excluding carboxylic acids is 1. The largest absolute Gasteiger partial charge is 0.480 e. The van der Waals surface area contributed by atoms with E-state index >= 15 is 0 Å². The van der Waals surface area contributed by atoms with Crippen LogP contribution in [-0.4, -0.2) is 29.3 Å². The van der Waals surface area contributed by atoms with Crippen molar-refractivity contribution in [3.63, 3.8) is 0 Å². The first-order valence-corrected chi connectivity index (χ1v) is 6.22. The topological polar surface area (TPSA) is 66.4 Å². The van der Waals surface area contributed by atoms with E-state index in [1.54, 1.807) is 0 Å². The van der Waals surface area contributed by atoms with Gasteiger partial charge in [0, 0.05) is 5.75 Å². The van der Waals surface area contributed by atoms with Crippen LogP contribution in [0.25, 0.3) is 0 Å². The summed E-state index contributed by atoms with van der Waals surface area (Å²) in [6.07, 6.45) is 8.87. The Balaban J connectivity index is 2.47. The van der Waals surface area contributed by atoms with Crippen LogP contribution >= 0.6 is 12.6 Å². The summed E-state index contributed by atoms with van der Waals surface area (Å²) >= 11 is 4.14. The van der Waals surface area contributed by atoms with E-state index in [4.69, 9.17) is 5.11 Å². The molecule has 0 heterocycles. The van der Waals surface area contributed by atoms with E-state index in [0.717, 1.165) is 18.4 Å². The highest BCUT2D eigenvalue weighted by Gasteiger charge is 2.18. The first kappa shape index (κ1) is 13.8. The SMILES string of the molecule is O=C(O)CNC(=O)C(CS)CC1=CCCC=C1. The molecule has 0 saturated heterocycles. The summed E-state index contributed by atoms with van der Waals surface area (Å²) in [6.45, 7) is -0.335. The number of carboxylic acids is 1. The van der Waals surface area contributed by atoms with E-state index in [-0.39, 0.29) is 18.4 Å². The lowest BCUT2D eigenvalue weighted by atomic mass is 9.96. The highest BCUT2D eigenvalue weighted by molar-refractivity contribution is 7.80. The molecule has 0 aromatic rings. The minimum Gasteiger partial charge on any atom is -0.480 e. The first-order valence-electron chi connectivity index (χ1n) is 5.59. The summed E-state index contributed by atoms with van der Waals surface area (Å²) in [5.74, 6) is -1.14. The smallest absolute Gasteiger partial charge is 0.322 e. The second-order valence-electron chi connectivity index (χ2n) is 3.95. The normalized spacial score (nSPS) is 16.2. The number of nitrogens with one attached hydrogen (secondary N) is 1. The zero-order valence-electron chi connectivity index (χ0n) is 9.56. The third-order valence-electron chi connectivity index (χ3n) is 2.56. The lowest BCUT2D eigenvalue weighted by molar-refractivity contribution is -0.138. The van der Waals surface area contributed by atoms with Crippen LogP contribution in [0.1, 0.15) is 19.3 Å². The van der Waals surface area contributed by atoms with Crippen LogP contribution in [0, 0.1) is 5.92 Å². The van der Waals surface area contributed by atoms with Gasteiger partial charge < -0.3 is 10.4 Å². The van der Waals surface area contributed by atoms with Gasteiger partial charge in [-0.15, -0.1) is 0 Å². The van der Waals surface area contributed by atoms with Crippen molar-refractivity contribution < 1.29 is 14.7 Å². The molecule has 1 aliphatic rings. The Labute approximate surface area is 106 Å². The van der Waals surface area contributed by atoms with E-state index in [1.807, 2.05) is 6.08 Å². The monoisotopic (exact) mass is 255 g/mol. The van der Waals surface area contributed by atoms with E-state index in [1.165, 1.54) is 0 Å². The zero-order chi connectivity index (χ0) is 12.7. The van der Waals surface area contributed by atoms with E-state index < -0.39 is 5.97 Å². The molecule has 0 aromatic heterocycles. The Hall–Kier alpha value is -1.23. The maximum absolute atomic E-state index is 11.7. The summed E-state index contributed by atoms with van der Waals surface area (Å²) in [4.78, 5) is 22.0. The average Bonchev–Trinajstić information content (AvgIpc) is 2.34. The van der Waals surface area contributed by atoms with Gasteiger partial charge in [-0.2, -0.15) is 12.6 Å². The molecule has 94 valence electrons. The Kier molecular flexibility index (Phi) is 5.83. The predicted octanol–water partition coefficient (Wildman–Crippen LogP) is 1.40. The number of allylic oxidation sites excluding steroid dienone is 4. The Morgan fingerprint density at radius 3 is 2.76 bits per heavy atom. The molecule has 0 saturated carbocycles. The molecular formula is C12H17NO3S. The van der Waals surface area contributed by atoms with Crippen LogP contribution in [0.2, 0.25) is 0 Å². The number of hydrogen-bond donors (Lipinski definition) is 3. The van der Waals surface area contributed by atoms with Crippen molar-refractivity contribution in [1.29, 1.82) is 0 Å². The number of aliphatic carboxylic acids is 1. The van der Waals surface area contributed by atoms with Crippen LogP contribution < -0.4 is 5.32 Å². The molecule has 17 heavy (non-hydrogen) atoms. The predicted molar refractivity (Wildman–Crippen MR) is 69.1 cm³/mol. The van der Waals surface area contributed by atoms with Gasteiger partial charge in [0.2, 0.25) is 5.91 Å². The number of rotatable bonds is 6. The quantitative estimate of drug-likeness (QED) is 0.628. The highest BCUT2D eigenvalue weighted by atomic mass is 32.1. The molecule has 0 spiro atoms. The highest BCUT2D eigenvalue weighted by Crippen LogP contribution is 2.19. The van der Waals surface area contributed by atoms with Crippen LogP contribution in [0.4, 0.5) is 0 Å². The third-order valence-corrected chi connectivity index (χ3v) is 3.00. The summed E-state index contributed by atoms with van der Waals surface area (Å²) in [5, 5.41) is 10.9. The van der Waals surface area contributed by atoms with Crippen molar-refractivity contribution >= 4 is 24.5 Å². The summed E-state index contributed by atoms with van der Waals surface area (Å²) in [5.41, 5.74) is 1.13. The molecule has 1 amide bonds. The molecule has 5 heteroatoms. The molecule has 1 aliphatic carbocycles. The second kappa shape index (κ2) is 7.17. The Morgan fingerprint density at radius 1 is 1.47 bits per heavy atom. The molecule has 0 aliphatic heterocycles. The van der Waals surface area contributed by atoms with E-state index in [2.05, 4.69) is 30.1 Å². The minimum absolute atomic E-state index is 0.248. The second-order valence-corrected chi connectivity index (χ2v) is 4.32. The fourth-order valence-corrected chi connectivity index (χ4v) is 1.95. The number of carbonyl (C=O) groups is 2. The van der Waals surface area contributed by atoms with Crippen molar-refractivity contribution in [2.45, 2.75) is 19.3 Å². The molecule has 0 aromatic carbocycles. The zero-order valence-corrected chi connectivity index (χ0v) is 10.5. The van der Waals surface area contributed by atoms with Crippen molar-refractivity contribution in [2.75, 3.05) is 12.3 Å². The number of carboxylic acid groups (broad SMARTS) is 1. The molecule has 2 N–H and O–H groups in total. The van der Waals surface area contributed by atoms with E-state index in [9.17, 15) is 9.59 Å². The molecule has 0 radical (unpaired) electrons. The fraction of sp³-hybridized carbons (Fsp3) is 0.500. The molecule has 0 bridgehead atoms. The third kappa shape index (κ3) is 5.08. The van der Waals surface area contributed by atoms with Crippen molar-refractivity contribution in [3.05, 3.63) is 23.8 Å². The van der Waals surface area contributed by atoms with Gasteiger partial charge in [-0.1, -0.05) is 23.8 Å². The summed E-state index contributed by atoms with van der Waals surface area (Å²) in [7, 11) is 0. The van der Waals surface area contributed by atoms with Gasteiger partial charge in [-0.3, -0.25) is 9.59 Å². The van der Waals surface area contributed by atoms with Gasteiger partial charge in [0.05, 0.1) is 5.92 Å². The molecular weight excluding hydrogens is 238 g/mol. The van der Waals surface area contributed by atoms with Gasteiger partial charge in [0.25, 0.3) is 0 Å². The van der Waals surface area contributed by atoms with Gasteiger partial charge >= 0.3 is 5.97 Å². The van der Waals surface area contributed by atoms with Crippen LogP contribution in [0.3, 0.4) is 0 Å². The maximum Gasteiger partial charge on any atom is 0.322 e. The summed E-state index contributed by atoms with van der Waals surface area (Å²) in [6, 6.07) is 0. The lowest BCUT2D eigenvalue weighted by Crippen LogP contribution is -2.35. The Bertz CT molecular complexity index is 350. The van der Waals surface area contributed by atoms with E-state index in [0.29, 0.717) is 12.2 Å². The van der Waals surface area contributed by atoms with Gasteiger partial charge in [-0.05, 0) is 19.3 Å². The van der Waals surface area contributed by atoms with Crippen molar-refractivity contribution in [3.8, 4) is 0 Å². The van der Waals surface area contributed by atoms with Gasteiger partial charge in [0.1, 0.15) is 6.54 Å².